The SMILES string of the molecule is CCCCCSC(c1ccc(C)cc1)C(N)CC. The standard InChI is InChI=1S/C16H27NS/c1-4-6-7-12-18-16(15(17)5-2)14-10-8-13(3)9-11-14/h8-11,15-16H,4-7,12,17H2,1-3H3. The lowest BCUT2D eigenvalue weighted by atomic mass is 10.0. The number of rotatable bonds is 8. The molecule has 0 fully saturated rings. The van der Waals surface area contributed by atoms with Crippen molar-refractivity contribution in [3.8, 4) is 0 Å². The third kappa shape index (κ3) is 5.03. The van der Waals surface area contributed by atoms with E-state index < -0.39 is 0 Å². The van der Waals surface area contributed by atoms with Crippen molar-refractivity contribution in [2.75, 3.05) is 5.75 Å². The Morgan fingerprint density at radius 1 is 1.11 bits per heavy atom. The minimum absolute atomic E-state index is 0.263. The number of hydrogen-bond acceptors (Lipinski definition) is 2. The summed E-state index contributed by atoms with van der Waals surface area (Å²) in [5, 5.41) is 0.451. The second kappa shape index (κ2) is 8.60. The second-order valence-corrected chi connectivity index (χ2v) is 6.23. The molecule has 0 radical (unpaired) electrons. The minimum Gasteiger partial charge on any atom is -0.326 e. The molecule has 1 aromatic rings. The molecule has 0 bridgehead atoms. The molecule has 2 unspecified atom stereocenters. The number of hydrogen-bond donors (Lipinski definition) is 1. The maximum absolute atomic E-state index is 6.28. The van der Waals surface area contributed by atoms with E-state index >= 15 is 0 Å². The van der Waals surface area contributed by atoms with Crippen LogP contribution in [0.1, 0.15) is 55.9 Å². The monoisotopic (exact) mass is 265 g/mol. The summed E-state index contributed by atoms with van der Waals surface area (Å²) in [5.41, 5.74) is 8.98. The van der Waals surface area contributed by atoms with Crippen molar-refractivity contribution in [2.45, 2.75) is 57.7 Å². The molecule has 18 heavy (non-hydrogen) atoms. The van der Waals surface area contributed by atoms with Crippen LogP contribution >= 0.6 is 11.8 Å². The van der Waals surface area contributed by atoms with Crippen molar-refractivity contribution in [2.24, 2.45) is 5.73 Å². The molecule has 102 valence electrons. The third-order valence-corrected chi connectivity index (χ3v) is 4.82. The zero-order chi connectivity index (χ0) is 13.4. The van der Waals surface area contributed by atoms with Gasteiger partial charge in [-0.1, -0.05) is 56.5 Å². The smallest absolute Gasteiger partial charge is 0.0448 e. The van der Waals surface area contributed by atoms with Crippen LogP contribution in [0.15, 0.2) is 24.3 Å². The number of nitrogens with two attached hydrogens (primary N) is 1. The van der Waals surface area contributed by atoms with Gasteiger partial charge in [0.05, 0.1) is 0 Å². The third-order valence-electron chi connectivity index (χ3n) is 3.31. The van der Waals surface area contributed by atoms with Crippen LogP contribution in [0.5, 0.6) is 0 Å². The van der Waals surface area contributed by atoms with Gasteiger partial charge in [-0.25, -0.2) is 0 Å². The zero-order valence-electron chi connectivity index (χ0n) is 12.0. The molecule has 2 atom stereocenters. The van der Waals surface area contributed by atoms with Crippen LogP contribution in [-0.2, 0) is 0 Å². The summed E-state index contributed by atoms with van der Waals surface area (Å²) in [4.78, 5) is 0. The number of thioether (sulfide) groups is 1. The Labute approximate surface area is 117 Å². The van der Waals surface area contributed by atoms with Crippen molar-refractivity contribution < 1.29 is 0 Å². The fourth-order valence-electron chi connectivity index (χ4n) is 2.00. The number of benzene rings is 1. The normalized spacial score (nSPS) is 14.4. The van der Waals surface area contributed by atoms with Crippen molar-refractivity contribution in [3.05, 3.63) is 35.4 Å². The molecule has 0 heterocycles. The Morgan fingerprint density at radius 2 is 1.78 bits per heavy atom. The maximum Gasteiger partial charge on any atom is 0.0448 e. The van der Waals surface area contributed by atoms with Gasteiger partial charge in [0.2, 0.25) is 0 Å². The molecule has 0 saturated heterocycles. The quantitative estimate of drug-likeness (QED) is 0.690. The van der Waals surface area contributed by atoms with E-state index in [0.29, 0.717) is 5.25 Å². The van der Waals surface area contributed by atoms with Crippen LogP contribution in [-0.4, -0.2) is 11.8 Å². The molecule has 0 spiro atoms. The molecule has 0 aromatic heterocycles. The van der Waals surface area contributed by atoms with Crippen LogP contribution in [0, 0.1) is 6.92 Å². The van der Waals surface area contributed by atoms with E-state index in [9.17, 15) is 0 Å². The van der Waals surface area contributed by atoms with E-state index in [0.717, 1.165) is 6.42 Å². The lowest BCUT2D eigenvalue weighted by Crippen LogP contribution is -2.26. The fraction of sp³-hybridized carbons (Fsp3) is 0.625. The van der Waals surface area contributed by atoms with Gasteiger partial charge in [0.15, 0.2) is 0 Å². The Hall–Kier alpha value is -0.470. The zero-order valence-corrected chi connectivity index (χ0v) is 12.8. The molecular weight excluding hydrogens is 238 g/mol. The Bertz CT molecular complexity index is 320. The van der Waals surface area contributed by atoms with E-state index in [1.54, 1.807) is 0 Å². The van der Waals surface area contributed by atoms with Crippen LogP contribution < -0.4 is 5.73 Å². The average Bonchev–Trinajstić information content (AvgIpc) is 2.39. The van der Waals surface area contributed by atoms with Gasteiger partial charge in [0.1, 0.15) is 0 Å². The minimum atomic E-state index is 0.263. The van der Waals surface area contributed by atoms with Gasteiger partial charge < -0.3 is 5.73 Å². The van der Waals surface area contributed by atoms with E-state index in [-0.39, 0.29) is 6.04 Å². The van der Waals surface area contributed by atoms with Gasteiger partial charge in [0, 0.05) is 11.3 Å². The highest BCUT2D eigenvalue weighted by molar-refractivity contribution is 7.99. The summed E-state index contributed by atoms with van der Waals surface area (Å²) in [6, 6.07) is 9.12. The highest BCUT2D eigenvalue weighted by Crippen LogP contribution is 2.33. The molecule has 1 rings (SSSR count). The predicted molar refractivity (Wildman–Crippen MR) is 84.2 cm³/mol. The van der Waals surface area contributed by atoms with Crippen molar-refractivity contribution in [1.82, 2.24) is 0 Å². The van der Waals surface area contributed by atoms with E-state index in [4.69, 9.17) is 5.73 Å². The van der Waals surface area contributed by atoms with Gasteiger partial charge in [-0.3, -0.25) is 0 Å². The van der Waals surface area contributed by atoms with Crippen molar-refractivity contribution in [1.29, 1.82) is 0 Å². The highest BCUT2D eigenvalue weighted by Gasteiger charge is 2.18. The van der Waals surface area contributed by atoms with E-state index in [2.05, 4.69) is 45.0 Å². The summed E-state index contributed by atoms with van der Waals surface area (Å²) in [6.07, 6.45) is 4.96. The first-order valence-corrected chi connectivity index (χ1v) is 8.17. The van der Waals surface area contributed by atoms with E-state index in [1.807, 2.05) is 11.8 Å². The van der Waals surface area contributed by atoms with Crippen LogP contribution in [0.4, 0.5) is 0 Å². The fourth-order valence-corrected chi connectivity index (χ4v) is 3.41. The second-order valence-electron chi connectivity index (χ2n) is 4.98. The lowest BCUT2D eigenvalue weighted by molar-refractivity contribution is 0.633. The topological polar surface area (TPSA) is 26.0 Å². The predicted octanol–water partition coefficient (Wildman–Crippen LogP) is 4.70. The van der Waals surface area contributed by atoms with Gasteiger partial charge >= 0.3 is 0 Å². The van der Waals surface area contributed by atoms with Gasteiger partial charge in [-0.2, -0.15) is 11.8 Å². The molecule has 0 saturated carbocycles. The largest absolute Gasteiger partial charge is 0.326 e. The molecular formula is C16H27NS. The highest BCUT2D eigenvalue weighted by atomic mass is 32.2. The Morgan fingerprint density at radius 3 is 2.33 bits per heavy atom. The molecule has 1 nitrogen and oxygen atoms in total. The average molecular weight is 265 g/mol. The number of aryl methyl sites for hydroxylation is 1. The van der Waals surface area contributed by atoms with Crippen LogP contribution in [0.2, 0.25) is 0 Å². The summed E-state index contributed by atoms with van der Waals surface area (Å²) >= 11 is 2.03. The first-order chi connectivity index (χ1) is 8.69. The van der Waals surface area contributed by atoms with Crippen molar-refractivity contribution in [3.63, 3.8) is 0 Å². The summed E-state index contributed by atoms with van der Waals surface area (Å²) in [7, 11) is 0. The summed E-state index contributed by atoms with van der Waals surface area (Å²) in [6.45, 7) is 6.56. The first-order valence-electron chi connectivity index (χ1n) is 7.12. The summed E-state index contributed by atoms with van der Waals surface area (Å²) in [5.74, 6) is 1.22. The summed E-state index contributed by atoms with van der Waals surface area (Å²) < 4.78 is 0. The molecule has 2 heteroatoms. The molecule has 0 aliphatic rings. The molecule has 0 aliphatic heterocycles. The van der Waals surface area contributed by atoms with Crippen molar-refractivity contribution >= 4 is 11.8 Å². The van der Waals surface area contributed by atoms with Gasteiger partial charge in [-0.05, 0) is 31.1 Å². The van der Waals surface area contributed by atoms with Crippen LogP contribution in [0.25, 0.3) is 0 Å². The van der Waals surface area contributed by atoms with Gasteiger partial charge in [0.25, 0.3) is 0 Å². The van der Waals surface area contributed by atoms with Crippen LogP contribution in [0.3, 0.4) is 0 Å². The molecule has 0 aliphatic carbocycles. The maximum atomic E-state index is 6.28. The lowest BCUT2D eigenvalue weighted by Gasteiger charge is -2.23. The van der Waals surface area contributed by atoms with Gasteiger partial charge in [-0.15, -0.1) is 0 Å². The first kappa shape index (κ1) is 15.6. The van der Waals surface area contributed by atoms with E-state index in [1.165, 1.54) is 36.1 Å². The number of unbranched alkanes of at least 4 members (excludes halogenated alkanes) is 2. The Balaban J connectivity index is 2.63. The molecule has 2 N–H and O–H groups in total. The molecule has 1 aromatic carbocycles. The Kier molecular flexibility index (Phi) is 7.45. The molecule has 0 amide bonds.